The van der Waals surface area contributed by atoms with E-state index in [0.717, 1.165) is 89.9 Å². The van der Waals surface area contributed by atoms with Gasteiger partial charge in [-0.25, -0.2) is 0 Å². The molecule has 6 nitrogen and oxygen atoms in total. The SMILES string of the molecule is CCCCC/C=C\C/C=C\C/C=C\CCCCCCCCC(=O)OC(COC(=O)CCCCCCC/C=C\CCCCCCC)COC(=O)CCCCCCCCCCCCCCCCCCCCC/C=C\CCCCCCCCCC. The number of ether oxygens (including phenoxy) is 3. The van der Waals surface area contributed by atoms with Crippen molar-refractivity contribution in [1.82, 2.24) is 0 Å². The number of unbranched alkanes of at least 4 members (excludes halogenated alkanes) is 46. The van der Waals surface area contributed by atoms with E-state index in [2.05, 4.69) is 81.5 Å². The highest BCUT2D eigenvalue weighted by Crippen LogP contribution is 2.18. The second-order valence-corrected chi connectivity index (χ2v) is 24.5. The van der Waals surface area contributed by atoms with Gasteiger partial charge in [0.1, 0.15) is 13.2 Å². The van der Waals surface area contributed by atoms with E-state index in [-0.39, 0.29) is 31.1 Å². The summed E-state index contributed by atoms with van der Waals surface area (Å²) < 4.78 is 17.0. The van der Waals surface area contributed by atoms with Crippen LogP contribution in [0.4, 0.5) is 0 Å². The fraction of sp³-hybridized carbons (Fsp3) is 0.829. The third-order valence-corrected chi connectivity index (χ3v) is 16.2. The third-order valence-electron chi connectivity index (χ3n) is 16.2. The van der Waals surface area contributed by atoms with E-state index >= 15 is 0 Å². The molecule has 1 atom stereocenters. The van der Waals surface area contributed by atoms with Crippen molar-refractivity contribution < 1.29 is 28.6 Å². The molecular formula is C76H138O6. The molecule has 6 heteroatoms. The van der Waals surface area contributed by atoms with Crippen LogP contribution < -0.4 is 0 Å². The van der Waals surface area contributed by atoms with Crippen LogP contribution in [0.2, 0.25) is 0 Å². The molecule has 1 unspecified atom stereocenters. The first kappa shape index (κ1) is 79.1. The van der Waals surface area contributed by atoms with Gasteiger partial charge < -0.3 is 14.2 Å². The number of carbonyl (C=O) groups excluding carboxylic acids is 3. The highest BCUT2D eigenvalue weighted by molar-refractivity contribution is 5.71. The molecule has 0 aliphatic rings. The molecule has 0 saturated heterocycles. The molecule has 0 radical (unpaired) electrons. The Morgan fingerprint density at radius 3 is 0.720 bits per heavy atom. The van der Waals surface area contributed by atoms with Crippen LogP contribution in [0.15, 0.2) is 60.8 Å². The van der Waals surface area contributed by atoms with E-state index in [9.17, 15) is 14.4 Å². The monoisotopic (exact) mass is 1150 g/mol. The summed E-state index contributed by atoms with van der Waals surface area (Å²) in [5, 5.41) is 0. The molecule has 0 aromatic heterocycles. The molecule has 0 fully saturated rings. The first-order valence-corrected chi connectivity index (χ1v) is 36.3. The first-order valence-electron chi connectivity index (χ1n) is 36.3. The van der Waals surface area contributed by atoms with Crippen molar-refractivity contribution in [2.24, 2.45) is 0 Å². The second kappa shape index (κ2) is 70.6. The Bertz CT molecular complexity index is 1460. The van der Waals surface area contributed by atoms with Crippen LogP contribution in [0.1, 0.15) is 387 Å². The van der Waals surface area contributed by atoms with Gasteiger partial charge in [0.05, 0.1) is 0 Å². The number of carbonyl (C=O) groups is 3. The summed E-state index contributed by atoms with van der Waals surface area (Å²) in [5.41, 5.74) is 0. The number of hydrogen-bond donors (Lipinski definition) is 0. The van der Waals surface area contributed by atoms with Crippen LogP contribution in [-0.4, -0.2) is 37.2 Å². The minimum atomic E-state index is -0.785. The Hall–Kier alpha value is -2.89. The highest BCUT2D eigenvalue weighted by Gasteiger charge is 2.19. The molecule has 0 heterocycles. The van der Waals surface area contributed by atoms with Crippen molar-refractivity contribution in [3.8, 4) is 0 Å². The molecule has 0 aliphatic heterocycles. The summed E-state index contributed by atoms with van der Waals surface area (Å²) in [5.74, 6) is -0.878. The summed E-state index contributed by atoms with van der Waals surface area (Å²) in [6.07, 6.45) is 91.2. The van der Waals surface area contributed by atoms with Crippen molar-refractivity contribution in [2.75, 3.05) is 13.2 Å². The molecule has 0 rings (SSSR count). The molecule has 82 heavy (non-hydrogen) atoms. The van der Waals surface area contributed by atoms with Crippen molar-refractivity contribution in [3.05, 3.63) is 60.8 Å². The maximum absolute atomic E-state index is 12.9. The van der Waals surface area contributed by atoms with Gasteiger partial charge in [0.15, 0.2) is 6.10 Å². The van der Waals surface area contributed by atoms with Gasteiger partial charge in [-0.3, -0.25) is 14.4 Å². The lowest BCUT2D eigenvalue weighted by molar-refractivity contribution is -0.167. The molecular weight excluding hydrogens is 1010 g/mol. The maximum atomic E-state index is 12.9. The fourth-order valence-electron chi connectivity index (χ4n) is 10.7. The van der Waals surface area contributed by atoms with E-state index in [4.69, 9.17) is 14.2 Å². The van der Waals surface area contributed by atoms with Gasteiger partial charge in [0.25, 0.3) is 0 Å². The number of esters is 3. The zero-order valence-electron chi connectivity index (χ0n) is 55.0. The molecule has 0 saturated carbocycles. The van der Waals surface area contributed by atoms with Crippen LogP contribution >= 0.6 is 0 Å². The van der Waals surface area contributed by atoms with E-state index in [0.29, 0.717) is 19.3 Å². The van der Waals surface area contributed by atoms with E-state index in [1.807, 2.05) is 0 Å². The molecule has 0 aromatic rings. The quantitative estimate of drug-likeness (QED) is 0.0261. The third kappa shape index (κ3) is 67.9. The van der Waals surface area contributed by atoms with Crippen molar-refractivity contribution >= 4 is 17.9 Å². The van der Waals surface area contributed by atoms with Gasteiger partial charge in [-0.2, -0.15) is 0 Å². The smallest absolute Gasteiger partial charge is 0.306 e. The van der Waals surface area contributed by atoms with Crippen molar-refractivity contribution in [2.45, 2.75) is 393 Å². The minimum Gasteiger partial charge on any atom is -0.462 e. The Morgan fingerprint density at radius 1 is 0.244 bits per heavy atom. The van der Waals surface area contributed by atoms with Crippen molar-refractivity contribution in [3.63, 3.8) is 0 Å². The largest absolute Gasteiger partial charge is 0.462 e. The molecule has 0 aliphatic carbocycles. The van der Waals surface area contributed by atoms with Crippen LogP contribution in [-0.2, 0) is 28.6 Å². The summed E-state index contributed by atoms with van der Waals surface area (Å²) in [4.78, 5) is 38.4. The van der Waals surface area contributed by atoms with Crippen LogP contribution in [0.5, 0.6) is 0 Å². The predicted octanol–water partition coefficient (Wildman–Crippen LogP) is 25.1. The molecule has 0 amide bonds. The standard InChI is InChI=1S/C76H138O6/c1-4-7-10-13-16-19-22-25-28-30-32-33-34-35-36-37-38-39-40-41-42-43-45-46-48-51-54-57-60-63-66-69-75(78)81-72-73(71-80-74(77)68-65-62-59-56-53-50-27-24-21-18-15-12-9-6-3)82-76(79)70-67-64-61-58-55-52-49-47-44-31-29-26-23-20-17-14-11-8-5-2/h17,20,24,26-27,29-30,32,44,47,73H,4-16,18-19,21-23,25,28,31,33-43,45-46,48-72H2,1-3H3/b20-17-,27-24-,29-26-,32-30-,47-44-. The Kier molecular flexibility index (Phi) is 68.1. The predicted molar refractivity (Wildman–Crippen MR) is 358 cm³/mol. The summed E-state index contributed by atoms with van der Waals surface area (Å²) in [6.45, 7) is 6.64. The number of hydrogen-bond acceptors (Lipinski definition) is 6. The average molecular weight is 1150 g/mol. The van der Waals surface area contributed by atoms with Gasteiger partial charge in [-0.15, -0.1) is 0 Å². The van der Waals surface area contributed by atoms with Gasteiger partial charge >= 0.3 is 17.9 Å². The summed E-state index contributed by atoms with van der Waals surface area (Å²) in [6, 6.07) is 0. The van der Waals surface area contributed by atoms with Crippen LogP contribution in [0, 0.1) is 0 Å². The Labute approximate surface area is 510 Å². The maximum Gasteiger partial charge on any atom is 0.306 e. The lowest BCUT2D eigenvalue weighted by atomic mass is 10.0. The summed E-state index contributed by atoms with van der Waals surface area (Å²) in [7, 11) is 0. The minimum absolute atomic E-state index is 0.0789. The van der Waals surface area contributed by atoms with Gasteiger partial charge in [0, 0.05) is 19.3 Å². The van der Waals surface area contributed by atoms with Crippen LogP contribution in [0.3, 0.4) is 0 Å². The van der Waals surface area contributed by atoms with E-state index in [1.54, 1.807) is 0 Å². The van der Waals surface area contributed by atoms with E-state index < -0.39 is 6.10 Å². The lowest BCUT2D eigenvalue weighted by Crippen LogP contribution is -2.30. The van der Waals surface area contributed by atoms with Gasteiger partial charge in [0.2, 0.25) is 0 Å². The zero-order chi connectivity index (χ0) is 59.2. The molecule has 0 aromatic carbocycles. The van der Waals surface area contributed by atoms with Gasteiger partial charge in [-0.05, 0) is 109 Å². The first-order chi connectivity index (χ1) is 40.5. The molecule has 0 bridgehead atoms. The topological polar surface area (TPSA) is 78.9 Å². The summed E-state index contributed by atoms with van der Waals surface area (Å²) >= 11 is 0. The van der Waals surface area contributed by atoms with Crippen molar-refractivity contribution in [1.29, 1.82) is 0 Å². The highest BCUT2D eigenvalue weighted by atomic mass is 16.6. The Morgan fingerprint density at radius 2 is 0.439 bits per heavy atom. The number of allylic oxidation sites excluding steroid dienone is 10. The fourth-order valence-corrected chi connectivity index (χ4v) is 10.7. The molecule has 0 spiro atoms. The zero-order valence-corrected chi connectivity index (χ0v) is 55.0. The normalized spacial score (nSPS) is 12.4. The number of rotatable bonds is 67. The average Bonchev–Trinajstić information content (AvgIpc) is 3.47. The van der Waals surface area contributed by atoms with Crippen LogP contribution in [0.25, 0.3) is 0 Å². The molecule has 478 valence electrons. The van der Waals surface area contributed by atoms with Gasteiger partial charge in [-0.1, -0.05) is 319 Å². The Balaban J connectivity index is 4.20. The lowest BCUT2D eigenvalue weighted by Gasteiger charge is -2.18. The molecule has 0 N–H and O–H groups in total. The second-order valence-electron chi connectivity index (χ2n) is 24.5. The van der Waals surface area contributed by atoms with E-state index in [1.165, 1.54) is 257 Å².